The average Bonchev–Trinajstić information content (AvgIpc) is 2.71. The van der Waals surface area contributed by atoms with Crippen molar-refractivity contribution in [3.05, 3.63) is 39.8 Å². The van der Waals surface area contributed by atoms with E-state index in [1.807, 2.05) is 0 Å². The van der Waals surface area contributed by atoms with Crippen molar-refractivity contribution in [3.8, 4) is 11.4 Å². The van der Waals surface area contributed by atoms with Gasteiger partial charge in [-0.1, -0.05) is 11.6 Å². The molecule has 0 radical (unpaired) electrons. The maximum Gasteiger partial charge on any atom is 0.222 e. The number of phenolic OH excluding ortho intramolecular Hbond substituents is 1. The van der Waals surface area contributed by atoms with Crippen LogP contribution in [0.2, 0.25) is 5.02 Å². The Balaban J connectivity index is 2.11. The van der Waals surface area contributed by atoms with Crippen LogP contribution in [0.1, 0.15) is 24.2 Å². The number of halogens is 1. The van der Waals surface area contributed by atoms with E-state index < -0.39 is 0 Å². The smallest absolute Gasteiger partial charge is 0.222 e. The fraction of sp³-hybridized carbons (Fsp3) is 0.333. The fourth-order valence-corrected chi connectivity index (χ4v) is 2.36. The van der Waals surface area contributed by atoms with Gasteiger partial charge in [-0.05, 0) is 29.8 Å². The SMILES string of the molecule is [O-][n+]1c2c(nn1-c1ccc(Cl)c(O)c1)CCCC2. The highest BCUT2D eigenvalue weighted by Gasteiger charge is 2.26. The van der Waals surface area contributed by atoms with Gasteiger partial charge < -0.3 is 10.3 Å². The third kappa shape index (κ3) is 1.71. The van der Waals surface area contributed by atoms with Gasteiger partial charge in [0.05, 0.1) is 5.02 Å². The van der Waals surface area contributed by atoms with E-state index in [-0.39, 0.29) is 10.8 Å². The molecule has 1 aromatic carbocycles. The van der Waals surface area contributed by atoms with Gasteiger partial charge in [-0.2, -0.15) is 0 Å². The lowest BCUT2D eigenvalue weighted by Crippen LogP contribution is -2.40. The number of nitrogens with zero attached hydrogens (tertiary/aromatic N) is 3. The van der Waals surface area contributed by atoms with Crippen LogP contribution in [0.25, 0.3) is 5.69 Å². The summed E-state index contributed by atoms with van der Waals surface area (Å²) in [6.07, 6.45) is 3.69. The topological polar surface area (TPSA) is 65.0 Å². The largest absolute Gasteiger partial charge is 0.692 e. The van der Waals surface area contributed by atoms with Crippen LogP contribution in [0, 0.1) is 5.21 Å². The van der Waals surface area contributed by atoms with Crippen molar-refractivity contribution in [3.63, 3.8) is 0 Å². The van der Waals surface area contributed by atoms with Gasteiger partial charge in [-0.3, -0.25) is 0 Å². The zero-order valence-electron chi connectivity index (χ0n) is 9.64. The number of rotatable bonds is 1. The van der Waals surface area contributed by atoms with E-state index in [1.54, 1.807) is 12.1 Å². The Labute approximate surface area is 109 Å². The Morgan fingerprint density at radius 1 is 1.33 bits per heavy atom. The Kier molecular flexibility index (Phi) is 2.63. The summed E-state index contributed by atoms with van der Waals surface area (Å²) in [6.45, 7) is 0. The number of aromatic hydroxyl groups is 1. The highest BCUT2D eigenvalue weighted by molar-refractivity contribution is 6.32. The zero-order valence-corrected chi connectivity index (χ0v) is 10.4. The van der Waals surface area contributed by atoms with E-state index in [4.69, 9.17) is 11.6 Å². The summed E-state index contributed by atoms with van der Waals surface area (Å²) in [5, 5.41) is 26.2. The van der Waals surface area contributed by atoms with Crippen molar-refractivity contribution in [1.29, 1.82) is 0 Å². The van der Waals surface area contributed by atoms with E-state index >= 15 is 0 Å². The van der Waals surface area contributed by atoms with Crippen LogP contribution in [0.15, 0.2) is 18.2 Å². The summed E-state index contributed by atoms with van der Waals surface area (Å²) in [6, 6.07) is 4.65. The molecule has 0 atom stereocenters. The second-order valence-corrected chi connectivity index (χ2v) is 4.81. The summed E-state index contributed by atoms with van der Waals surface area (Å²) in [7, 11) is 0. The second-order valence-electron chi connectivity index (χ2n) is 4.40. The van der Waals surface area contributed by atoms with E-state index in [1.165, 1.54) is 10.9 Å². The zero-order chi connectivity index (χ0) is 12.7. The summed E-state index contributed by atoms with van der Waals surface area (Å²) >= 11 is 5.74. The standard InChI is InChI=1S/C12H12ClN3O2/c13-9-6-5-8(7-12(9)17)15-14-10-3-1-2-4-11(10)16(15)18/h5-7,17H,1-4H2. The van der Waals surface area contributed by atoms with Crippen molar-refractivity contribution in [2.45, 2.75) is 25.7 Å². The Bertz CT molecular complexity index is 610. The van der Waals surface area contributed by atoms with Gasteiger partial charge in [0.15, 0.2) is 5.69 Å². The van der Waals surface area contributed by atoms with Gasteiger partial charge >= 0.3 is 0 Å². The van der Waals surface area contributed by atoms with E-state index in [0.717, 1.165) is 41.9 Å². The molecule has 1 aliphatic rings. The van der Waals surface area contributed by atoms with Crippen molar-refractivity contribution in [2.24, 2.45) is 0 Å². The molecule has 2 aromatic rings. The molecule has 1 aliphatic carbocycles. The highest BCUT2D eigenvalue weighted by atomic mass is 35.5. The lowest BCUT2D eigenvalue weighted by molar-refractivity contribution is -0.695. The minimum Gasteiger partial charge on any atom is -0.692 e. The van der Waals surface area contributed by atoms with Crippen LogP contribution in [0.4, 0.5) is 0 Å². The Morgan fingerprint density at radius 2 is 2.11 bits per heavy atom. The number of hydrogen-bond acceptors (Lipinski definition) is 3. The third-order valence-corrected chi connectivity index (χ3v) is 3.51. The second kappa shape index (κ2) is 4.17. The predicted molar refractivity (Wildman–Crippen MR) is 65.8 cm³/mol. The van der Waals surface area contributed by atoms with E-state index in [9.17, 15) is 10.3 Å². The number of phenols is 1. The van der Waals surface area contributed by atoms with Crippen molar-refractivity contribution >= 4 is 11.6 Å². The highest BCUT2D eigenvalue weighted by Crippen LogP contribution is 2.25. The first-order chi connectivity index (χ1) is 8.66. The number of fused-ring (bicyclic) bond motifs is 1. The quantitative estimate of drug-likeness (QED) is 0.631. The summed E-state index contributed by atoms with van der Waals surface area (Å²) in [5.74, 6) is -0.0531. The monoisotopic (exact) mass is 265 g/mol. The number of aromatic nitrogens is 3. The molecule has 0 amide bonds. The number of hydrogen-bond donors (Lipinski definition) is 1. The maximum atomic E-state index is 12.1. The van der Waals surface area contributed by atoms with Crippen molar-refractivity contribution in [1.82, 2.24) is 9.90 Å². The fourth-order valence-electron chi connectivity index (χ4n) is 2.24. The molecule has 1 N–H and O–H groups in total. The van der Waals surface area contributed by atoms with Crippen LogP contribution in [-0.4, -0.2) is 15.0 Å². The van der Waals surface area contributed by atoms with Gasteiger partial charge in [0, 0.05) is 24.0 Å². The number of aryl methyl sites for hydroxylation is 1. The molecule has 1 aromatic heterocycles. The minimum atomic E-state index is -0.0531. The first kappa shape index (κ1) is 11.3. The third-order valence-electron chi connectivity index (χ3n) is 3.19. The molecule has 0 saturated heterocycles. The molecule has 0 fully saturated rings. The lowest BCUT2D eigenvalue weighted by Gasteiger charge is -2.09. The van der Waals surface area contributed by atoms with Crippen LogP contribution >= 0.6 is 11.6 Å². The van der Waals surface area contributed by atoms with Gasteiger partial charge in [0.1, 0.15) is 11.4 Å². The molecule has 3 rings (SSSR count). The molecule has 0 unspecified atom stereocenters. The average molecular weight is 266 g/mol. The van der Waals surface area contributed by atoms with Crippen LogP contribution < -0.4 is 4.85 Å². The lowest BCUT2D eigenvalue weighted by atomic mass is 10.0. The molecular formula is C12H12ClN3O2. The molecule has 0 bridgehead atoms. The minimum absolute atomic E-state index is 0.0531. The maximum absolute atomic E-state index is 12.1. The van der Waals surface area contributed by atoms with Crippen molar-refractivity contribution < 1.29 is 9.95 Å². The molecule has 5 nitrogen and oxygen atoms in total. The summed E-state index contributed by atoms with van der Waals surface area (Å²) in [5.41, 5.74) is 2.10. The van der Waals surface area contributed by atoms with E-state index in [0.29, 0.717) is 5.69 Å². The van der Waals surface area contributed by atoms with Crippen LogP contribution in [0.5, 0.6) is 5.75 Å². The first-order valence-electron chi connectivity index (χ1n) is 5.86. The molecule has 18 heavy (non-hydrogen) atoms. The Morgan fingerprint density at radius 3 is 2.83 bits per heavy atom. The normalized spacial score (nSPS) is 14.5. The molecular weight excluding hydrogens is 254 g/mol. The molecule has 1 heterocycles. The van der Waals surface area contributed by atoms with Gasteiger partial charge in [-0.15, -0.1) is 4.85 Å². The van der Waals surface area contributed by atoms with Gasteiger partial charge in [-0.25, -0.2) is 0 Å². The molecule has 0 aliphatic heterocycles. The van der Waals surface area contributed by atoms with Gasteiger partial charge in [0.25, 0.3) is 0 Å². The van der Waals surface area contributed by atoms with Crippen molar-refractivity contribution in [2.75, 3.05) is 0 Å². The predicted octanol–water partition coefficient (Wildman–Crippen LogP) is 1.74. The molecule has 94 valence electrons. The number of benzene rings is 1. The molecule has 0 saturated carbocycles. The Hall–Kier alpha value is -1.75. The van der Waals surface area contributed by atoms with Gasteiger partial charge in [0.2, 0.25) is 5.69 Å². The summed E-state index contributed by atoms with van der Waals surface area (Å²) < 4.78 is 0. The molecule has 6 heteroatoms. The first-order valence-corrected chi connectivity index (χ1v) is 6.24. The van der Waals surface area contributed by atoms with Crippen LogP contribution in [0.3, 0.4) is 0 Å². The summed E-state index contributed by atoms with van der Waals surface area (Å²) in [4.78, 5) is 2.07. The van der Waals surface area contributed by atoms with Crippen LogP contribution in [-0.2, 0) is 12.8 Å². The van der Waals surface area contributed by atoms with E-state index in [2.05, 4.69) is 5.10 Å². The molecule has 0 spiro atoms.